The third-order valence-corrected chi connectivity index (χ3v) is 1.24. The van der Waals surface area contributed by atoms with Gasteiger partial charge in [0.05, 0.1) is 6.61 Å². The molecule has 5 heteroatoms. The van der Waals surface area contributed by atoms with Crippen molar-refractivity contribution < 1.29 is 9.53 Å². The van der Waals surface area contributed by atoms with Crippen LogP contribution >= 0.6 is 0 Å². The highest BCUT2D eigenvalue weighted by molar-refractivity contribution is 5.80. The zero-order chi connectivity index (χ0) is 9.56. The van der Waals surface area contributed by atoms with E-state index < -0.39 is 0 Å². The molecule has 0 aliphatic carbocycles. The molecular formula is C7H15N3O2. The summed E-state index contributed by atoms with van der Waals surface area (Å²) in [5.74, 6) is -0.488. The van der Waals surface area contributed by atoms with E-state index in [0.29, 0.717) is 6.61 Å². The summed E-state index contributed by atoms with van der Waals surface area (Å²) in [6, 6.07) is 0. The summed E-state index contributed by atoms with van der Waals surface area (Å²) in [6.07, 6.45) is 0.801. The summed E-state index contributed by atoms with van der Waals surface area (Å²) in [7, 11) is 1.57. The quantitative estimate of drug-likeness (QED) is 0.349. The molecule has 0 aromatic rings. The second-order valence-electron chi connectivity index (χ2n) is 2.46. The second-order valence-corrected chi connectivity index (χ2v) is 2.46. The van der Waals surface area contributed by atoms with Crippen LogP contribution in [0.3, 0.4) is 0 Å². The Morgan fingerprint density at radius 2 is 2.25 bits per heavy atom. The van der Waals surface area contributed by atoms with Crippen LogP contribution in [-0.4, -0.2) is 37.0 Å². The van der Waals surface area contributed by atoms with Crippen LogP contribution in [0.4, 0.5) is 0 Å². The Morgan fingerprint density at radius 1 is 1.67 bits per heavy atom. The Balaban J connectivity index is 3.61. The number of carbonyl (C=O) groups is 1. The van der Waals surface area contributed by atoms with Crippen molar-refractivity contribution in [2.24, 2.45) is 5.73 Å². The van der Waals surface area contributed by atoms with Crippen molar-refractivity contribution in [3.63, 3.8) is 0 Å². The number of ether oxygens (including phenoxy) is 1. The number of rotatable bonds is 4. The van der Waals surface area contributed by atoms with E-state index in [-0.39, 0.29) is 18.5 Å². The van der Waals surface area contributed by atoms with Crippen LogP contribution < -0.4 is 5.73 Å². The molecule has 0 saturated heterocycles. The summed E-state index contributed by atoms with van der Waals surface area (Å²) in [5, 5.41) is 6.97. The van der Waals surface area contributed by atoms with Gasteiger partial charge in [-0.15, -0.1) is 0 Å². The first-order valence-electron chi connectivity index (χ1n) is 3.78. The first-order valence-corrected chi connectivity index (χ1v) is 3.78. The van der Waals surface area contributed by atoms with Gasteiger partial charge in [-0.05, 0) is 6.42 Å². The smallest absolute Gasteiger partial charge is 0.325 e. The van der Waals surface area contributed by atoms with Crippen molar-refractivity contribution in [1.82, 2.24) is 4.90 Å². The van der Waals surface area contributed by atoms with E-state index >= 15 is 0 Å². The van der Waals surface area contributed by atoms with Crippen LogP contribution in [0.2, 0.25) is 0 Å². The minimum Gasteiger partial charge on any atom is -0.464 e. The lowest BCUT2D eigenvalue weighted by molar-refractivity contribution is -0.143. The fourth-order valence-electron chi connectivity index (χ4n) is 0.540. The Hall–Kier alpha value is -1.26. The van der Waals surface area contributed by atoms with Crippen molar-refractivity contribution in [2.75, 3.05) is 20.2 Å². The molecule has 12 heavy (non-hydrogen) atoms. The zero-order valence-corrected chi connectivity index (χ0v) is 7.46. The van der Waals surface area contributed by atoms with E-state index in [1.54, 1.807) is 7.05 Å². The van der Waals surface area contributed by atoms with Gasteiger partial charge in [0, 0.05) is 7.05 Å². The second kappa shape index (κ2) is 5.40. The zero-order valence-electron chi connectivity index (χ0n) is 7.46. The number of esters is 1. The van der Waals surface area contributed by atoms with E-state index in [2.05, 4.69) is 0 Å². The van der Waals surface area contributed by atoms with Gasteiger partial charge in [-0.1, -0.05) is 6.92 Å². The van der Waals surface area contributed by atoms with E-state index in [9.17, 15) is 4.79 Å². The monoisotopic (exact) mass is 173 g/mol. The molecule has 0 aromatic carbocycles. The molecule has 70 valence electrons. The predicted molar refractivity (Wildman–Crippen MR) is 45.8 cm³/mol. The summed E-state index contributed by atoms with van der Waals surface area (Å²) < 4.78 is 4.78. The van der Waals surface area contributed by atoms with Crippen molar-refractivity contribution in [3.8, 4) is 0 Å². The molecule has 0 rings (SSSR count). The minimum absolute atomic E-state index is 0.0370. The first-order chi connectivity index (χ1) is 5.57. The van der Waals surface area contributed by atoms with Crippen molar-refractivity contribution in [1.29, 1.82) is 5.41 Å². The average Bonchev–Trinajstić information content (AvgIpc) is 2.00. The highest BCUT2D eigenvalue weighted by Gasteiger charge is 2.07. The lowest BCUT2D eigenvalue weighted by atomic mass is 10.5. The van der Waals surface area contributed by atoms with Crippen LogP contribution in [-0.2, 0) is 9.53 Å². The summed E-state index contributed by atoms with van der Waals surface area (Å²) in [4.78, 5) is 12.2. The SMILES string of the molecule is CCCOC(=O)CN(C)C(=N)N. The number of nitrogens with two attached hydrogens (primary N) is 1. The lowest BCUT2D eigenvalue weighted by Gasteiger charge is -2.14. The molecule has 5 nitrogen and oxygen atoms in total. The number of guanidine groups is 1. The van der Waals surface area contributed by atoms with Gasteiger partial charge >= 0.3 is 5.97 Å². The molecule has 0 radical (unpaired) electrons. The molecule has 0 bridgehead atoms. The van der Waals surface area contributed by atoms with Crippen molar-refractivity contribution in [2.45, 2.75) is 13.3 Å². The molecule has 0 aromatic heterocycles. The maximum Gasteiger partial charge on any atom is 0.325 e. The highest BCUT2D eigenvalue weighted by atomic mass is 16.5. The summed E-state index contributed by atoms with van der Waals surface area (Å²) in [6.45, 7) is 2.38. The molecule has 0 aliphatic rings. The Morgan fingerprint density at radius 3 is 2.67 bits per heavy atom. The Kier molecular flexibility index (Phi) is 4.83. The van der Waals surface area contributed by atoms with Gasteiger partial charge < -0.3 is 15.4 Å². The number of hydrogen-bond acceptors (Lipinski definition) is 3. The van der Waals surface area contributed by atoms with E-state index in [1.807, 2.05) is 6.92 Å². The number of hydrogen-bond donors (Lipinski definition) is 2. The molecule has 0 heterocycles. The number of nitrogens with zero attached hydrogens (tertiary/aromatic N) is 1. The lowest BCUT2D eigenvalue weighted by Crippen LogP contribution is -2.37. The fourth-order valence-corrected chi connectivity index (χ4v) is 0.540. The van der Waals surface area contributed by atoms with Gasteiger partial charge in [0.1, 0.15) is 6.54 Å². The van der Waals surface area contributed by atoms with Crippen LogP contribution in [0.25, 0.3) is 0 Å². The van der Waals surface area contributed by atoms with Crippen LogP contribution in [0.5, 0.6) is 0 Å². The molecule has 0 unspecified atom stereocenters. The third-order valence-electron chi connectivity index (χ3n) is 1.24. The average molecular weight is 173 g/mol. The Labute approximate surface area is 72.0 Å². The molecule has 0 aliphatic heterocycles. The first kappa shape index (κ1) is 10.7. The largest absolute Gasteiger partial charge is 0.464 e. The third kappa shape index (κ3) is 4.54. The maximum absolute atomic E-state index is 10.9. The van der Waals surface area contributed by atoms with Crippen LogP contribution in [0.1, 0.15) is 13.3 Å². The van der Waals surface area contributed by atoms with E-state index in [0.717, 1.165) is 6.42 Å². The van der Waals surface area contributed by atoms with Crippen molar-refractivity contribution in [3.05, 3.63) is 0 Å². The number of nitrogens with one attached hydrogen (secondary N) is 1. The molecule has 0 fully saturated rings. The van der Waals surface area contributed by atoms with E-state index in [4.69, 9.17) is 15.9 Å². The standard InChI is InChI=1S/C7H15N3O2/c1-3-4-12-6(11)5-10(2)7(8)9/h3-5H2,1-2H3,(H3,8,9). The molecule has 0 spiro atoms. The van der Waals surface area contributed by atoms with Gasteiger partial charge in [-0.25, -0.2) is 0 Å². The molecule has 0 saturated carbocycles. The van der Waals surface area contributed by atoms with Gasteiger partial charge in [-0.3, -0.25) is 10.2 Å². The van der Waals surface area contributed by atoms with Crippen LogP contribution in [0, 0.1) is 5.41 Å². The molecule has 0 amide bonds. The predicted octanol–water partition coefficient (Wildman–Crippen LogP) is -0.235. The Bertz CT molecular complexity index is 170. The normalized spacial score (nSPS) is 9.17. The van der Waals surface area contributed by atoms with Gasteiger partial charge in [-0.2, -0.15) is 0 Å². The topological polar surface area (TPSA) is 79.4 Å². The van der Waals surface area contributed by atoms with Crippen LogP contribution in [0.15, 0.2) is 0 Å². The fraction of sp³-hybridized carbons (Fsp3) is 0.714. The number of carbonyl (C=O) groups excluding carboxylic acids is 1. The number of likely N-dealkylation sites (N-methyl/N-ethyl adjacent to an activating group) is 1. The summed E-state index contributed by atoms with van der Waals surface area (Å²) in [5.41, 5.74) is 5.11. The van der Waals surface area contributed by atoms with Gasteiger partial charge in [0.25, 0.3) is 0 Å². The van der Waals surface area contributed by atoms with Gasteiger partial charge in [0.2, 0.25) is 0 Å². The van der Waals surface area contributed by atoms with Gasteiger partial charge in [0.15, 0.2) is 5.96 Å². The molecule has 0 atom stereocenters. The van der Waals surface area contributed by atoms with Crippen molar-refractivity contribution >= 4 is 11.9 Å². The molecular weight excluding hydrogens is 158 g/mol. The highest BCUT2D eigenvalue weighted by Crippen LogP contribution is 1.86. The minimum atomic E-state index is -0.352. The summed E-state index contributed by atoms with van der Waals surface area (Å²) >= 11 is 0. The molecule has 3 N–H and O–H groups in total. The maximum atomic E-state index is 10.9. The van der Waals surface area contributed by atoms with E-state index in [1.165, 1.54) is 4.90 Å².